The molecule has 1 aliphatic rings. The Hall–Kier alpha value is -1.30. The number of aliphatic carboxylic acids is 1. The first-order chi connectivity index (χ1) is 9.62. The summed E-state index contributed by atoms with van der Waals surface area (Å²) in [6.07, 6.45) is -7.48. The Kier molecular flexibility index (Phi) is 5.61. The fourth-order valence-corrected chi connectivity index (χ4v) is 2.14. The van der Waals surface area contributed by atoms with Crippen LogP contribution in [0.3, 0.4) is 0 Å². The molecule has 0 aliphatic carbocycles. The minimum Gasteiger partial charge on any atom is -0.477 e. The van der Waals surface area contributed by atoms with Gasteiger partial charge in [0.15, 0.2) is 0 Å². The topological polar surface area (TPSA) is 177 Å². The van der Waals surface area contributed by atoms with Crippen LogP contribution in [0.4, 0.5) is 0 Å². The minimum absolute atomic E-state index is 0.598. The molecular weight excluding hydrogens is 290 g/mol. The molecule has 1 amide bonds. The molecule has 4 unspecified atom stereocenters. The lowest BCUT2D eigenvalue weighted by Gasteiger charge is -2.44. The number of nitrogens with one attached hydrogen (secondary N) is 1. The van der Waals surface area contributed by atoms with E-state index < -0.39 is 61.1 Å². The Morgan fingerprint density at radius 1 is 1.43 bits per heavy atom. The first-order valence-electron chi connectivity index (χ1n) is 6.18. The van der Waals surface area contributed by atoms with E-state index in [4.69, 9.17) is 14.9 Å². The highest BCUT2D eigenvalue weighted by Gasteiger charge is 2.53. The SMILES string of the molecule is CC(=O)NC1C(O)CC(O)(C(=O)O)OC1[C@H](O)[C@H](O)CO. The number of ether oxygens (including phenoxy) is 1. The number of hydrogen-bond acceptors (Lipinski definition) is 8. The Morgan fingerprint density at radius 3 is 2.43 bits per heavy atom. The van der Waals surface area contributed by atoms with Gasteiger partial charge in [0.05, 0.1) is 18.8 Å². The first kappa shape index (κ1) is 17.8. The summed E-state index contributed by atoms with van der Waals surface area (Å²) in [5.74, 6) is -5.17. The number of rotatable bonds is 5. The molecule has 0 aromatic rings. The lowest BCUT2D eigenvalue weighted by molar-refractivity contribution is -0.295. The van der Waals surface area contributed by atoms with E-state index in [1.165, 1.54) is 0 Å². The zero-order valence-electron chi connectivity index (χ0n) is 11.2. The van der Waals surface area contributed by atoms with E-state index in [1.807, 2.05) is 0 Å². The van der Waals surface area contributed by atoms with Gasteiger partial charge in [0, 0.05) is 13.3 Å². The normalized spacial score (nSPS) is 35.8. The number of carbonyl (C=O) groups is 2. The summed E-state index contributed by atoms with van der Waals surface area (Å²) in [5.41, 5.74) is 0. The number of hydrogen-bond donors (Lipinski definition) is 7. The first-order valence-corrected chi connectivity index (χ1v) is 6.18. The van der Waals surface area contributed by atoms with Gasteiger partial charge in [-0.2, -0.15) is 0 Å². The highest BCUT2D eigenvalue weighted by molar-refractivity contribution is 5.76. The van der Waals surface area contributed by atoms with E-state index in [0.29, 0.717) is 0 Å². The molecule has 1 heterocycles. The Labute approximate surface area is 119 Å². The standard InChI is InChI=1S/C11H19NO9/c1-4(14)12-7-5(15)2-11(20,10(18)19)21-9(7)8(17)6(16)3-13/h5-9,13,15-17,20H,2-3H2,1H3,(H,12,14)(H,18,19)/t5?,6-,7?,8-,9?,11?/m1/s1. The van der Waals surface area contributed by atoms with Gasteiger partial charge < -0.3 is 40.7 Å². The molecule has 1 aliphatic heterocycles. The maximum Gasteiger partial charge on any atom is 0.364 e. The van der Waals surface area contributed by atoms with Gasteiger partial charge in [0.1, 0.15) is 18.3 Å². The molecule has 10 nitrogen and oxygen atoms in total. The smallest absolute Gasteiger partial charge is 0.364 e. The molecule has 0 spiro atoms. The van der Waals surface area contributed by atoms with Crippen LogP contribution in [0.1, 0.15) is 13.3 Å². The summed E-state index contributed by atoms with van der Waals surface area (Å²) in [6.45, 7) is 0.256. The molecule has 122 valence electrons. The van der Waals surface area contributed by atoms with E-state index in [9.17, 15) is 30.0 Å². The van der Waals surface area contributed by atoms with Crippen LogP contribution in [-0.2, 0) is 14.3 Å². The third-order valence-electron chi connectivity index (χ3n) is 3.21. The minimum atomic E-state index is -2.78. The van der Waals surface area contributed by atoms with Crippen LogP contribution in [0.15, 0.2) is 0 Å². The van der Waals surface area contributed by atoms with Crippen molar-refractivity contribution in [3.8, 4) is 0 Å². The van der Waals surface area contributed by atoms with Crippen LogP contribution >= 0.6 is 0 Å². The van der Waals surface area contributed by atoms with Crippen LogP contribution in [0.25, 0.3) is 0 Å². The number of amides is 1. The van der Waals surface area contributed by atoms with Crippen molar-refractivity contribution in [1.29, 1.82) is 0 Å². The van der Waals surface area contributed by atoms with Gasteiger partial charge in [-0.1, -0.05) is 0 Å². The van der Waals surface area contributed by atoms with Crippen molar-refractivity contribution < 1.29 is 45.0 Å². The number of aliphatic hydroxyl groups excluding tert-OH is 4. The second-order valence-corrected chi connectivity index (χ2v) is 4.91. The van der Waals surface area contributed by atoms with Crippen LogP contribution in [0.5, 0.6) is 0 Å². The molecule has 0 aromatic carbocycles. The number of carboxylic acids is 1. The maximum atomic E-state index is 11.1. The molecular formula is C11H19NO9. The highest BCUT2D eigenvalue weighted by Crippen LogP contribution is 2.30. The van der Waals surface area contributed by atoms with Gasteiger partial charge in [0.2, 0.25) is 5.91 Å². The predicted molar refractivity (Wildman–Crippen MR) is 64.8 cm³/mol. The van der Waals surface area contributed by atoms with Gasteiger partial charge in [-0.05, 0) is 0 Å². The summed E-state index contributed by atoms with van der Waals surface area (Å²) in [4.78, 5) is 22.1. The van der Waals surface area contributed by atoms with Crippen molar-refractivity contribution in [2.45, 2.75) is 49.6 Å². The van der Waals surface area contributed by atoms with Gasteiger partial charge >= 0.3 is 5.97 Å². The fourth-order valence-electron chi connectivity index (χ4n) is 2.14. The van der Waals surface area contributed by atoms with Crippen molar-refractivity contribution in [3.05, 3.63) is 0 Å². The largest absolute Gasteiger partial charge is 0.477 e. The molecule has 1 saturated heterocycles. The van der Waals surface area contributed by atoms with Crippen molar-refractivity contribution in [1.82, 2.24) is 5.32 Å². The molecule has 10 heteroatoms. The number of carbonyl (C=O) groups excluding carboxylic acids is 1. The lowest BCUT2D eigenvalue weighted by atomic mass is 9.88. The third kappa shape index (κ3) is 3.87. The van der Waals surface area contributed by atoms with Crippen molar-refractivity contribution in [2.24, 2.45) is 0 Å². The van der Waals surface area contributed by atoms with E-state index >= 15 is 0 Å². The molecule has 0 aromatic heterocycles. The van der Waals surface area contributed by atoms with Crippen LogP contribution < -0.4 is 5.32 Å². The van der Waals surface area contributed by atoms with E-state index in [2.05, 4.69) is 5.32 Å². The number of carboxylic acid groups (broad SMARTS) is 1. The summed E-state index contributed by atoms with van der Waals surface area (Å²) < 4.78 is 4.86. The Morgan fingerprint density at radius 2 is 2.00 bits per heavy atom. The second-order valence-electron chi connectivity index (χ2n) is 4.91. The Balaban J connectivity index is 3.07. The van der Waals surface area contributed by atoms with E-state index in [-0.39, 0.29) is 0 Å². The monoisotopic (exact) mass is 309 g/mol. The second kappa shape index (κ2) is 6.64. The van der Waals surface area contributed by atoms with Crippen LogP contribution in [-0.4, -0.2) is 85.4 Å². The molecule has 7 N–H and O–H groups in total. The lowest BCUT2D eigenvalue weighted by Crippen LogP contribution is -2.67. The van der Waals surface area contributed by atoms with E-state index in [0.717, 1.165) is 6.92 Å². The van der Waals surface area contributed by atoms with Crippen molar-refractivity contribution >= 4 is 11.9 Å². The Bertz CT molecular complexity index is 403. The zero-order chi connectivity index (χ0) is 16.4. The maximum absolute atomic E-state index is 11.1. The molecule has 0 radical (unpaired) electrons. The molecule has 1 rings (SSSR count). The molecule has 21 heavy (non-hydrogen) atoms. The number of aliphatic hydroxyl groups is 5. The molecule has 6 atom stereocenters. The predicted octanol–water partition coefficient (Wildman–Crippen LogP) is -3.87. The van der Waals surface area contributed by atoms with Crippen LogP contribution in [0.2, 0.25) is 0 Å². The average Bonchev–Trinajstić information content (AvgIpc) is 2.39. The van der Waals surface area contributed by atoms with Gasteiger partial charge in [0.25, 0.3) is 5.79 Å². The average molecular weight is 309 g/mol. The highest BCUT2D eigenvalue weighted by atomic mass is 16.7. The summed E-state index contributed by atoms with van der Waals surface area (Å²) in [7, 11) is 0. The van der Waals surface area contributed by atoms with Gasteiger partial charge in [-0.15, -0.1) is 0 Å². The molecule has 0 bridgehead atoms. The van der Waals surface area contributed by atoms with Gasteiger partial charge in [-0.25, -0.2) is 4.79 Å². The molecule has 0 saturated carbocycles. The zero-order valence-corrected chi connectivity index (χ0v) is 11.2. The fraction of sp³-hybridized carbons (Fsp3) is 0.818. The van der Waals surface area contributed by atoms with Crippen molar-refractivity contribution in [3.63, 3.8) is 0 Å². The molecule has 1 fully saturated rings. The quantitative estimate of drug-likeness (QED) is 0.268. The summed E-state index contributed by atoms with van der Waals surface area (Å²) in [6, 6.07) is -1.27. The van der Waals surface area contributed by atoms with Crippen molar-refractivity contribution in [2.75, 3.05) is 6.61 Å². The van der Waals surface area contributed by atoms with E-state index in [1.54, 1.807) is 0 Å². The third-order valence-corrected chi connectivity index (χ3v) is 3.21. The summed E-state index contributed by atoms with van der Waals surface area (Å²) >= 11 is 0. The van der Waals surface area contributed by atoms with Gasteiger partial charge in [-0.3, -0.25) is 4.79 Å². The summed E-state index contributed by atoms with van der Waals surface area (Å²) in [5, 5.41) is 59.0. The van der Waals surface area contributed by atoms with Crippen LogP contribution in [0, 0.1) is 0 Å².